The van der Waals surface area contributed by atoms with Crippen LogP contribution in [0.1, 0.15) is 53.9 Å². The van der Waals surface area contributed by atoms with Gasteiger partial charge in [0.2, 0.25) is 6.10 Å². The number of esters is 2. The first kappa shape index (κ1) is 26.7. The number of rotatable bonds is 5. The van der Waals surface area contributed by atoms with Gasteiger partial charge in [0.15, 0.2) is 11.6 Å². The van der Waals surface area contributed by atoms with E-state index in [2.05, 4.69) is 0 Å². The summed E-state index contributed by atoms with van der Waals surface area (Å²) in [7, 11) is 0. The van der Waals surface area contributed by atoms with Gasteiger partial charge in [-0.1, -0.05) is 33.3 Å². The van der Waals surface area contributed by atoms with Crippen LogP contribution in [-0.4, -0.2) is 81.6 Å². The third kappa shape index (κ3) is 3.02. The number of fused-ring (bicyclic) bond motifs is 1. The van der Waals surface area contributed by atoms with Crippen molar-refractivity contribution < 1.29 is 49.0 Å². The van der Waals surface area contributed by atoms with Crippen molar-refractivity contribution in [3.8, 4) is 0 Å². The molecule has 0 aromatic rings. The monoisotopic (exact) mass is 522 g/mol. The second-order valence-corrected chi connectivity index (χ2v) is 12.2. The number of aliphatic hydroxyl groups is 4. The molecule has 5 aliphatic rings. The molecule has 4 N–H and O–H groups in total. The first-order chi connectivity index (χ1) is 17.3. The quantitative estimate of drug-likeness (QED) is 0.374. The Morgan fingerprint density at radius 1 is 1.24 bits per heavy atom. The summed E-state index contributed by atoms with van der Waals surface area (Å²) < 4.78 is 17.8. The van der Waals surface area contributed by atoms with E-state index in [0.29, 0.717) is 18.4 Å². The van der Waals surface area contributed by atoms with E-state index in [-0.39, 0.29) is 13.0 Å². The number of aliphatic hydroxyl groups excluding tert-OH is 3. The van der Waals surface area contributed by atoms with Crippen LogP contribution in [0.25, 0.3) is 0 Å². The van der Waals surface area contributed by atoms with Gasteiger partial charge in [-0.2, -0.15) is 0 Å². The van der Waals surface area contributed by atoms with Crippen LogP contribution in [0.4, 0.5) is 0 Å². The Morgan fingerprint density at radius 2 is 1.89 bits per heavy atom. The molecule has 0 radical (unpaired) electrons. The third-order valence-corrected chi connectivity index (χ3v) is 11.0. The first-order valence-electron chi connectivity index (χ1n) is 13.3. The maximum absolute atomic E-state index is 13.5. The lowest BCUT2D eigenvalue weighted by Gasteiger charge is -2.68. The van der Waals surface area contributed by atoms with Crippen LogP contribution in [-0.2, 0) is 28.6 Å². The second kappa shape index (κ2) is 8.32. The molecule has 2 heterocycles. The molecule has 4 fully saturated rings. The normalized spacial score (nSPS) is 48.5. The van der Waals surface area contributed by atoms with Crippen LogP contribution >= 0.6 is 0 Å². The Balaban J connectivity index is 1.67. The van der Waals surface area contributed by atoms with Crippen molar-refractivity contribution in [2.24, 2.45) is 39.9 Å². The van der Waals surface area contributed by atoms with Gasteiger partial charge in [0.1, 0.15) is 18.3 Å². The summed E-state index contributed by atoms with van der Waals surface area (Å²) in [5, 5.41) is 44.6. The highest BCUT2D eigenvalue weighted by atomic mass is 16.7. The number of ether oxygens (including phenoxy) is 3. The molecule has 0 aromatic carbocycles. The van der Waals surface area contributed by atoms with E-state index in [1.807, 2.05) is 0 Å². The molecule has 11 atom stereocenters. The third-order valence-electron chi connectivity index (χ3n) is 11.0. The Hall–Kier alpha value is -1.85. The molecule has 37 heavy (non-hydrogen) atoms. The fourth-order valence-corrected chi connectivity index (χ4v) is 8.80. The molecule has 1 spiro atoms. The summed E-state index contributed by atoms with van der Waals surface area (Å²) >= 11 is 0. The van der Waals surface area contributed by atoms with Crippen molar-refractivity contribution in [1.29, 1.82) is 0 Å². The lowest BCUT2D eigenvalue weighted by atomic mass is 9.38. The molecule has 10 heteroatoms. The minimum Gasteiger partial charge on any atom is -0.459 e. The average molecular weight is 523 g/mol. The van der Waals surface area contributed by atoms with E-state index >= 15 is 0 Å². The van der Waals surface area contributed by atoms with Gasteiger partial charge in [-0.15, -0.1) is 0 Å². The minimum absolute atomic E-state index is 0.106. The van der Waals surface area contributed by atoms with Crippen LogP contribution in [0.2, 0.25) is 0 Å². The average Bonchev–Trinajstić information content (AvgIpc) is 3.15. The molecule has 2 saturated heterocycles. The summed E-state index contributed by atoms with van der Waals surface area (Å²) in [5.74, 6) is -7.08. The summed E-state index contributed by atoms with van der Waals surface area (Å²) in [4.78, 5) is 39.7. The summed E-state index contributed by atoms with van der Waals surface area (Å²) in [6.45, 7) is 8.11. The fraction of sp³-hybridized carbons (Fsp3) is 0.815. The molecule has 206 valence electrons. The summed E-state index contributed by atoms with van der Waals surface area (Å²) in [5.41, 5.74) is -2.87. The Labute approximate surface area is 216 Å². The topological polar surface area (TPSA) is 160 Å². The maximum Gasteiger partial charge on any atom is 0.348 e. The predicted molar refractivity (Wildman–Crippen MR) is 126 cm³/mol. The van der Waals surface area contributed by atoms with Crippen LogP contribution in [0, 0.1) is 39.9 Å². The molecular weight excluding hydrogens is 484 g/mol. The van der Waals surface area contributed by atoms with Crippen molar-refractivity contribution in [2.75, 3.05) is 13.2 Å². The lowest BCUT2D eigenvalue weighted by Crippen LogP contribution is -2.78. The Morgan fingerprint density at radius 3 is 2.49 bits per heavy atom. The minimum atomic E-state index is -2.11. The van der Waals surface area contributed by atoms with Crippen molar-refractivity contribution in [1.82, 2.24) is 0 Å². The largest absolute Gasteiger partial charge is 0.459 e. The molecule has 10 nitrogen and oxygen atoms in total. The number of hydrogen-bond donors (Lipinski definition) is 4. The zero-order valence-corrected chi connectivity index (χ0v) is 22.0. The van der Waals surface area contributed by atoms with Gasteiger partial charge in [-0.3, -0.25) is 9.59 Å². The Kier molecular flexibility index (Phi) is 6.02. The van der Waals surface area contributed by atoms with Crippen LogP contribution in [0.3, 0.4) is 0 Å². The second-order valence-electron chi connectivity index (χ2n) is 12.2. The first-order valence-corrected chi connectivity index (χ1v) is 13.3. The van der Waals surface area contributed by atoms with Crippen LogP contribution in [0.5, 0.6) is 0 Å². The van der Waals surface area contributed by atoms with Crippen LogP contribution < -0.4 is 0 Å². The zero-order chi connectivity index (χ0) is 27.3. The van der Waals surface area contributed by atoms with Crippen molar-refractivity contribution in [3.05, 3.63) is 11.6 Å². The van der Waals surface area contributed by atoms with Gasteiger partial charge in [-0.25, -0.2) is 4.79 Å². The molecule has 0 unspecified atom stereocenters. The summed E-state index contributed by atoms with van der Waals surface area (Å²) in [6, 6.07) is 0. The van der Waals surface area contributed by atoms with Gasteiger partial charge < -0.3 is 34.6 Å². The number of carbonyl (C=O) groups excluding carboxylic acids is 3. The van der Waals surface area contributed by atoms with Gasteiger partial charge in [0.25, 0.3) is 0 Å². The zero-order valence-electron chi connectivity index (χ0n) is 22.0. The smallest absolute Gasteiger partial charge is 0.348 e. The summed E-state index contributed by atoms with van der Waals surface area (Å²) in [6.07, 6.45) is -2.87. The van der Waals surface area contributed by atoms with Gasteiger partial charge in [0, 0.05) is 22.7 Å². The van der Waals surface area contributed by atoms with Gasteiger partial charge >= 0.3 is 11.9 Å². The van der Waals surface area contributed by atoms with E-state index in [0.717, 1.165) is 0 Å². The predicted octanol–water partition coefficient (Wildman–Crippen LogP) is 0.487. The number of ketones is 1. The highest BCUT2D eigenvalue weighted by molar-refractivity contribution is 5.96. The maximum atomic E-state index is 13.5. The molecular formula is C27H38O10. The molecule has 2 aliphatic heterocycles. The van der Waals surface area contributed by atoms with E-state index < -0.39 is 94.4 Å². The van der Waals surface area contributed by atoms with E-state index in [1.54, 1.807) is 34.6 Å². The number of hydrogen-bond acceptors (Lipinski definition) is 10. The molecule has 0 aromatic heterocycles. The van der Waals surface area contributed by atoms with E-state index in [9.17, 15) is 34.8 Å². The molecule has 2 saturated carbocycles. The SMILES string of the molecule is CCC(CC)(CO)C(=O)O[C@H]1C(=O)O[C@@H]2C[C@H]3C(C)=CC(=O)[C@@H](O)[C@]3(C)[C@H]3[C@]4(O)OC[C@]32[C@@H]1[C@@H](C)[C@H]4O. The van der Waals surface area contributed by atoms with Gasteiger partial charge in [0.05, 0.1) is 18.6 Å². The standard InChI is InChI=1S/C27H38O10/c1-6-25(7-2,10-28)23(33)37-18-17-13(4)19(30)27(34)22-24(5)14(12(3)8-15(29)20(24)31)9-16(36-21(18)32)26(17,22)11-35-27/h8,13-14,16-20,22,28,30-31,34H,6-7,9-11H2,1-5H3/t13-,14+,16-,17-,18-,19-,20-,22-,24-,26+,27-/m1/s1. The molecule has 0 amide bonds. The van der Waals surface area contributed by atoms with Crippen molar-refractivity contribution >= 4 is 17.7 Å². The van der Waals surface area contributed by atoms with E-state index in [4.69, 9.17) is 14.2 Å². The lowest BCUT2D eigenvalue weighted by molar-refractivity contribution is -0.340. The number of allylic oxidation sites excluding steroid dienone is 1. The number of carbonyl (C=O) groups is 3. The van der Waals surface area contributed by atoms with Gasteiger partial charge in [-0.05, 0) is 44.1 Å². The van der Waals surface area contributed by atoms with E-state index in [1.165, 1.54) is 6.08 Å². The van der Waals surface area contributed by atoms with Crippen LogP contribution in [0.15, 0.2) is 11.6 Å². The highest BCUT2D eigenvalue weighted by Crippen LogP contribution is 2.73. The van der Waals surface area contributed by atoms with Crippen molar-refractivity contribution in [2.45, 2.75) is 84.1 Å². The fourth-order valence-electron chi connectivity index (χ4n) is 8.80. The molecule has 5 rings (SSSR count). The van der Waals surface area contributed by atoms with Crippen molar-refractivity contribution in [3.63, 3.8) is 0 Å². The molecule has 3 aliphatic carbocycles. The highest BCUT2D eigenvalue weighted by Gasteiger charge is 2.83. The Bertz CT molecular complexity index is 1040. The molecule has 2 bridgehead atoms.